The molecule has 0 aliphatic rings. The van der Waals surface area contributed by atoms with Gasteiger partial charge in [-0.2, -0.15) is 0 Å². The smallest absolute Gasteiger partial charge is 0.295 e. The Labute approximate surface area is 167 Å². The fourth-order valence-corrected chi connectivity index (χ4v) is 3.02. The highest BCUT2D eigenvalue weighted by Gasteiger charge is 2.18. The van der Waals surface area contributed by atoms with E-state index in [0.29, 0.717) is 12.2 Å². The molecule has 0 saturated heterocycles. The summed E-state index contributed by atoms with van der Waals surface area (Å²) in [5.41, 5.74) is 2.08. The molecule has 0 spiro atoms. The van der Waals surface area contributed by atoms with Crippen LogP contribution in [0.1, 0.15) is 22.0 Å². The number of hydrogen-bond acceptors (Lipinski definition) is 3. The van der Waals surface area contributed by atoms with E-state index < -0.39 is 11.7 Å². The van der Waals surface area contributed by atoms with Crippen LogP contribution in [-0.4, -0.2) is 20.7 Å². The fraction of sp³-hybridized carbons (Fsp3) is 0.0870. The molecule has 0 bridgehead atoms. The zero-order valence-corrected chi connectivity index (χ0v) is 15.6. The number of halogens is 1. The molecule has 1 N–H and O–H groups in total. The highest BCUT2D eigenvalue weighted by Crippen LogP contribution is 2.16. The molecule has 6 heteroatoms. The SMILES string of the molecule is O=C(Nc1ccccc1F)c1nc(CCc2ccccc2)n(-c2ccccc2)n1. The van der Waals surface area contributed by atoms with Crippen LogP contribution < -0.4 is 5.32 Å². The van der Waals surface area contributed by atoms with E-state index in [1.165, 1.54) is 17.7 Å². The molecule has 1 amide bonds. The molecule has 4 rings (SSSR count). The second kappa shape index (κ2) is 8.48. The Hall–Kier alpha value is -3.80. The van der Waals surface area contributed by atoms with Crippen LogP contribution in [0.15, 0.2) is 84.9 Å². The van der Waals surface area contributed by atoms with Crippen molar-refractivity contribution in [1.82, 2.24) is 14.8 Å². The second-order valence-corrected chi connectivity index (χ2v) is 6.52. The van der Waals surface area contributed by atoms with E-state index in [4.69, 9.17) is 0 Å². The number of nitrogens with one attached hydrogen (secondary N) is 1. The first-order chi connectivity index (χ1) is 14.2. The highest BCUT2D eigenvalue weighted by atomic mass is 19.1. The molecule has 0 aliphatic heterocycles. The van der Waals surface area contributed by atoms with Crippen molar-refractivity contribution in [1.29, 1.82) is 0 Å². The van der Waals surface area contributed by atoms with Crippen molar-refractivity contribution in [2.75, 3.05) is 5.32 Å². The van der Waals surface area contributed by atoms with Gasteiger partial charge in [0.1, 0.15) is 11.6 Å². The van der Waals surface area contributed by atoms with Gasteiger partial charge in [-0.15, -0.1) is 5.10 Å². The Kier molecular flexibility index (Phi) is 5.42. The number of carbonyl (C=O) groups is 1. The third-order valence-corrected chi connectivity index (χ3v) is 4.48. The van der Waals surface area contributed by atoms with Crippen LogP contribution in [-0.2, 0) is 12.8 Å². The third-order valence-electron chi connectivity index (χ3n) is 4.48. The average molecular weight is 386 g/mol. The van der Waals surface area contributed by atoms with Gasteiger partial charge in [0.15, 0.2) is 0 Å². The van der Waals surface area contributed by atoms with Gasteiger partial charge in [-0.1, -0.05) is 60.7 Å². The summed E-state index contributed by atoms with van der Waals surface area (Å²) in [6.07, 6.45) is 1.37. The van der Waals surface area contributed by atoms with E-state index in [-0.39, 0.29) is 11.5 Å². The number of para-hydroxylation sites is 2. The van der Waals surface area contributed by atoms with Gasteiger partial charge < -0.3 is 5.32 Å². The number of anilines is 1. The number of hydrogen-bond donors (Lipinski definition) is 1. The lowest BCUT2D eigenvalue weighted by Crippen LogP contribution is -2.15. The number of aryl methyl sites for hydroxylation is 2. The Bertz CT molecular complexity index is 1110. The number of benzene rings is 3. The minimum Gasteiger partial charge on any atom is -0.317 e. The lowest BCUT2D eigenvalue weighted by Gasteiger charge is -2.05. The number of amides is 1. The highest BCUT2D eigenvalue weighted by molar-refractivity contribution is 6.01. The molecule has 5 nitrogen and oxygen atoms in total. The fourth-order valence-electron chi connectivity index (χ4n) is 3.02. The maximum Gasteiger partial charge on any atom is 0.295 e. The largest absolute Gasteiger partial charge is 0.317 e. The second-order valence-electron chi connectivity index (χ2n) is 6.52. The summed E-state index contributed by atoms with van der Waals surface area (Å²) in [4.78, 5) is 17.1. The predicted molar refractivity (Wildman–Crippen MR) is 110 cm³/mol. The molecule has 0 unspecified atom stereocenters. The summed E-state index contributed by atoms with van der Waals surface area (Å²) in [6.45, 7) is 0. The zero-order valence-electron chi connectivity index (χ0n) is 15.6. The Morgan fingerprint density at radius 3 is 2.24 bits per heavy atom. The molecule has 3 aromatic carbocycles. The summed E-state index contributed by atoms with van der Waals surface area (Å²) in [5.74, 6) is -0.391. The summed E-state index contributed by atoms with van der Waals surface area (Å²) >= 11 is 0. The molecule has 0 fully saturated rings. The average Bonchev–Trinajstić information content (AvgIpc) is 3.20. The molecule has 0 saturated carbocycles. The van der Waals surface area contributed by atoms with Crippen LogP contribution in [0.3, 0.4) is 0 Å². The molecule has 1 heterocycles. The van der Waals surface area contributed by atoms with E-state index in [0.717, 1.165) is 12.1 Å². The summed E-state index contributed by atoms with van der Waals surface area (Å²) in [6, 6.07) is 25.6. The van der Waals surface area contributed by atoms with Gasteiger partial charge in [0, 0.05) is 6.42 Å². The lowest BCUT2D eigenvalue weighted by molar-refractivity contribution is 0.101. The molecule has 0 aliphatic carbocycles. The Morgan fingerprint density at radius 1 is 0.862 bits per heavy atom. The van der Waals surface area contributed by atoms with Crippen molar-refractivity contribution in [3.05, 3.63) is 108 Å². The normalized spacial score (nSPS) is 10.7. The van der Waals surface area contributed by atoms with Crippen LogP contribution in [0.4, 0.5) is 10.1 Å². The van der Waals surface area contributed by atoms with Crippen molar-refractivity contribution in [2.45, 2.75) is 12.8 Å². The van der Waals surface area contributed by atoms with Crippen molar-refractivity contribution in [3.8, 4) is 5.69 Å². The van der Waals surface area contributed by atoms with Crippen molar-refractivity contribution >= 4 is 11.6 Å². The molecule has 4 aromatic rings. The summed E-state index contributed by atoms with van der Waals surface area (Å²) in [5, 5.41) is 6.93. The number of carbonyl (C=O) groups excluding carboxylic acids is 1. The number of rotatable bonds is 6. The van der Waals surface area contributed by atoms with Crippen LogP contribution in [0.2, 0.25) is 0 Å². The molecule has 0 radical (unpaired) electrons. The first kappa shape index (κ1) is 18.6. The van der Waals surface area contributed by atoms with E-state index in [2.05, 4.69) is 27.5 Å². The molecular formula is C23H19FN4O. The van der Waals surface area contributed by atoms with Crippen LogP contribution in [0.25, 0.3) is 5.69 Å². The molecule has 144 valence electrons. The first-order valence-corrected chi connectivity index (χ1v) is 9.32. The third kappa shape index (κ3) is 4.38. The molecule has 0 atom stereocenters. The van der Waals surface area contributed by atoms with Crippen molar-refractivity contribution < 1.29 is 9.18 Å². The van der Waals surface area contributed by atoms with Crippen molar-refractivity contribution in [3.63, 3.8) is 0 Å². The van der Waals surface area contributed by atoms with Gasteiger partial charge in [0.25, 0.3) is 5.91 Å². The van der Waals surface area contributed by atoms with Crippen LogP contribution in [0, 0.1) is 5.82 Å². The maximum atomic E-state index is 13.9. The predicted octanol–water partition coefficient (Wildman–Crippen LogP) is 4.44. The Balaban J connectivity index is 1.62. The van der Waals surface area contributed by atoms with Gasteiger partial charge in [-0.3, -0.25) is 4.79 Å². The standard InChI is InChI=1S/C23H19FN4O/c24-19-13-7-8-14-20(19)25-23(29)22-26-21(16-15-17-9-3-1-4-10-17)28(27-22)18-11-5-2-6-12-18/h1-14H,15-16H2,(H,25,29). The Morgan fingerprint density at radius 2 is 1.52 bits per heavy atom. The topological polar surface area (TPSA) is 59.8 Å². The molecule has 1 aromatic heterocycles. The number of nitrogens with zero attached hydrogens (tertiary/aromatic N) is 3. The maximum absolute atomic E-state index is 13.9. The van der Waals surface area contributed by atoms with Crippen LogP contribution in [0.5, 0.6) is 0 Å². The van der Waals surface area contributed by atoms with Gasteiger partial charge in [-0.05, 0) is 36.2 Å². The van der Waals surface area contributed by atoms with Crippen molar-refractivity contribution in [2.24, 2.45) is 0 Å². The molecular weight excluding hydrogens is 367 g/mol. The monoisotopic (exact) mass is 386 g/mol. The van der Waals surface area contributed by atoms with Gasteiger partial charge >= 0.3 is 0 Å². The van der Waals surface area contributed by atoms with Crippen LogP contribution >= 0.6 is 0 Å². The lowest BCUT2D eigenvalue weighted by atomic mass is 10.1. The molecule has 29 heavy (non-hydrogen) atoms. The zero-order chi connectivity index (χ0) is 20.1. The number of aromatic nitrogens is 3. The van der Waals surface area contributed by atoms with Gasteiger partial charge in [0.2, 0.25) is 5.82 Å². The summed E-state index contributed by atoms with van der Waals surface area (Å²) < 4.78 is 15.5. The minimum atomic E-state index is -0.550. The minimum absolute atomic E-state index is 0.000155. The van der Waals surface area contributed by atoms with E-state index in [9.17, 15) is 9.18 Å². The van der Waals surface area contributed by atoms with E-state index in [1.54, 1.807) is 16.8 Å². The quantitative estimate of drug-likeness (QED) is 0.533. The van der Waals surface area contributed by atoms with E-state index >= 15 is 0 Å². The van der Waals surface area contributed by atoms with Gasteiger partial charge in [0.05, 0.1) is 11.4 Å². The summed E-state index contributed by atoms with van der Waals surface area (Å²) in [7, 11) is 0. The first-order valence-electron chi connectivity index (χ1n) is 9.32. The van der Waals surface area contributed by atoms with E-state index in [1.807, 2.05) is 48.5 Å². The van der Waals surface area contributed by atoms with Gasteiger partial charge in [-0.25, -0.2) is 14.1 Å².